The minimum atomic E-state index is -2.00. The van der Waals surface area contributed by atoms with Crippen LogP contribution in [0.5, 0.6) is 5.75 Å². The standard InChI is InChI=1S/C12H14O3.C2H6/c1-7-5-9(7)8-3-2-4-11-10(8)6-12(13,14)15-11;1-2/h2-4,7,9,13-14H,5-6H2,1H3;1-2H3. The van der Waals surface area contributed by atoms with Crippen LogP contribution in [0.4, 0.5) is 0 Å². The summed E-state index contributed by atoms with van der Waals surface area (Å²) in [6.07, 6.45) is 1.38. The maximum absolute atomic E-state index is 9.44. The van der Waals surface area contributed by atoms with Crippen molar-refractivity contribution in [2.75, 3.05) is 0 Å². The number of ether oxygens (including phenoxy) is 1. The normalized spacial score (nSPS) is 27.6. The fourth-order valence-electron chi connectivity index (χ4n) is 2.41. The van der Waals surface area contributed by atoms with Gasteiger partial charge in [0.1, 0.15) is 5.75 Å². The minimum absolute atomic E-state index is 0.182. The molecule has 1 fully saturated rings. The molecule has 0 saturated heterocycles. The molecule has 2 atom stereocenters. The molecule has 0 aromatic heterocycles. The van der Waals surface area contributed by atoms with E-state index >= 15 is 0 Å². The minimum Gasteiger partial charge on any atom is -0.439 e. The van der Waals surface area contributed by atoms with E-state index in [4.69, 9.17) is 4.74 Å². The van der Waals surface area contributed by atoms with Crippen LogP contribution in [-0.4, -0.2) is 16.2 Å². The first kappa shape index (κ1) is 12.4. The molecule has 3 rings (SSSR count). The third-order valence-electron chi connectivity index (χ3n) is 3.36. The highest BCUT2D eigenvalue weighted by atomic mass is 16.8. The van der Waals surface area contributed by atoms with E-state index < -0.39 is 5.97 Å². The predicted molar refractivity (Wildman–Crippen MR) is 65.8 cm³/mol. The van der Waals surface area contributed by atoms with Gasteiger partial charge in [0.15, 0.2) is 0 Å². The van der Waals surface area contributed by atoms with E-state index in [-0.39, 0.29) is 6.42 Å². The summed E-state index contributed by atoms with van der Waals surface area (Å²) in [6.45, 7) is 6.21. The lowest BCUT2D eigenvalue weighted by Crippen LogP contribution is -2.32. The highest BCUT2D eigenvalue weighted by molar-refractivity contribution is 5.47. The van der Waals surface area contributed by atoms with Gasteiger partial charge in [-0.3, -0.25) is 0 Å². The predicted octanol–water partition coefficient (Wildman–Crippen LogP) is 2.41. The average molecular weight is 236 g/mol. The molecule has 0 amide bonds. The Balaban J connectivity index is 0.000000514. The molecule has 1 aliphatic carbocycles. The van der Waals surface area contributed by atoms with E-state index in [2.05, 4.69) is 13.0 Å². The van der Waals surface area contributed by atoms with Gasteiger partial charge in [0.05, 0.1) is 6.42 Å². The Morgan fingerprint density at radius 3 is 2.53 bits per heavy atom. The van der Waals surface area contributed by atoms with Crippen LogP contribution in [-0.2, 0) is 6.42 Å². The van der Waals surface area contributed by atoms with Crippen molar-refractivity contribution in [1.29, 1.82) is 0 Å². The number of benzene rings is 1. The van der Waals surface area contributed by atoms with Gasteiger partial charge in [-0.2, -0.15) is 0 Å². The molecule has 3 heteroatoms. The summed E-state index contributed by atoms with van der Waals surface area (Å²) in [6, 6.07) is 5.78. The Labute approximate surface area is 102 Å². The summed E-state index contributed by atoms with van der Waals surface area (Å²) >= 11 is 0. The molecule has 2 N–H and O–H groups in total. The van der Waals surface area contributed by atoms with E-state index in [9.17, 15) is 10.2 Å². The average Bonchev–Trinajstić information content (AvgIpc) is 2.90. The molecular formula is C14H20O3. The van der Waals surface area contributed by atoms with Crippen LogP contribution in [0, 0.1) is 5.92 Å². The fourth-order valence-corrected chi connectivity index (χ4v) is 2.41. The molecule has 94 valence electrons. The molecule has 0 radical (unpaired) electrons. The topological polar surface area (TPSA) is 49.7 Å². The summed E-state index contributed by atoms with van der Waals surface area (Å²) in [4.78, 5) is 0. The van der Waals surface area contributed by atoms with Gasteiger partial charge in [0.2, 0.25) is 0 Å². The molecule has 2 unspecified atom stereocenters. The molecule has 3 nitrogen and oxygen atoms in total. The molecule has 1 aliphatic heterocycles. The zero-order chi connectivity index (χ0) is 12.6. The maximum atomic E-state index is 9.44. The van der Waals surface area contributed by atoms with Crippen LogP contribution < -0.4 is 4.74 Å². The smallest absolute Gasteiger partial charge is 0.326 e. The molecule has 17 heavy (non-hydrogen) atoms. The number of hydrogen-bond acceptors (Lipinski definition) is 3. The molecule has 1 heterocycles. The highest BCUT2D eigenvalue weighted by Gasteiger charge is 2.42. The van der Waals surface area contributed by atoms with Crippen molar-refractivity contribution in [3.05, 3.63) is 29.3 Å². The van der Waals surface area contributed by atoms with Gasteiger partial charge in [0, 0.05) is 5.56 Å². The summed E-state index contributed by atoms with van der Waals surface area (Å²) in [5, 5.41) is 18.9. The van der Waals surface area contributed by atoms with Gasteiger partial charge >= 0.3 is 5.97 Å². The Kier molecular flexibility index (Phi) is 3.15. The fraction of sp³-hybridized carbons (Fsp3) is 0.571. The second-order valence-corrected chi connectivity index (χ2v) is 4.67. The molecule has 1 aromatic carbocycles. The maximum Gasteiger partial charge on any atom is 0.326 e. The zero-order valence-electron chi connectivity index (χ0n) is 10.6. The highest BCUT2D eigenvalue weighted by Crippen LogP contribution is 2.51. The van der Waals surface area contributed by atoms with E-state index in [0.717, 1.165) is 5.56 Å². The molecular weight excluding hydrogens is 216 g/mol. The van der Waals surface area contributed by atoms with Crippen LogP contribution >= 0.6 is 0 Å². The van der Waals surface area contributed by atoms with Crippen molar-refractivity contribution >= 4 is 0 Å². The second-order valence-electron chi connectivity index (χ2n) is 4.67. The van der Waals surface area contributed by atoms with E-state index in [1.165, 1.54) is 12.0 Å². The lowest BCUT2D eigenvalue weighted by molar-refractivity contribution is -0.279. The molecule has 0 bridgehead atoms. The molecule has 2 aliphatic rings. The van der Waals surface area contributed by atoms with Crippen LogP contribution in [0.1, 0.15) is 44.2 Å². The Morgan fingerprint density at radius 1 is 1.29 bits per heavy atom. The third-order valence-corrected chi connectivity index (χ3v) is 3.36. The van der Waals surface area contributed by atoms with Crippen LogP contribution in [0.3, 0.4) is 0 Å². The zero-order valence-corrected chi connectivity index (χ0v) is 10.6. The number of aliphatic hydroxyl groups is 2. The first-order valence-corrected chi connectivity index (χ1v) is 6.32. The van der Waals surface area contributed by atoms with Gasteiger partial charge in [-0.25, -0.2) is 0 Å². The van der Waals surface area contributed by atoms with Gasteiger partial charge in [-0.15, -0.1) is 0 Å². The number of rotatable bonds is 1. The van der Waals surface area contributed by atoms with Crippen LogP contribution in [0.25, 0.3) is 0 Å². The van der Waals surface area contributed by atoms with Gasteiger partial charge in [-0.1, -0.05) is 32.9 Å². The summed E-state index contributed by atoms with van der Waals surface area (Å²) in [5.74, 6) is -0.0887. The van der Waals surface area contributed by atoms with E-state index in [1.54, 1.807) is 6.07 Å². The van der Waals surface area contributed by atoms with Crippen molar-refractivity contribution in [2.24, 2.45) is 5.92 Å². The lowest BCUT2D eigenvalue weighted by Gasteiger charge is -2.12. The monoisotopic (exact) mass is 236 g/mol. The van der Waals surface area contributed by atoms with Crippen molar-refractivity contribution in [3.63, 3.8) is 0 Å². The van der Waals surface area contributed by atoms with Crippen molar-refractivity contribution in [3.8, 4) is 5.75 Å². The van der Waals surface area contributed by atoms with Gasteiger partial charge in [-0.05, 0) is 29.9 Å². The summed E-state index contributed by atoms with van der Waals surface area (Å²) in [7, 11) is 0. The summed E-state index contributed by atoms with van der Waals surface area (Å²) < 4.78 is 5.06. The van der Waals surface area contributed by atoms with Gasteiger partial charge in [0.25, 0.3) is 0 Å². The first-order valence-electron chi connectivity index (χ1n) is 6.32. The van der Waals surface area contributed by atoms with Crippen molar-refractivity contribution in [2.45, 2.75) is 45.5 Å². The Hall–Kier alpha value is -1.06. The van der Waals surface area contributed by atoms with Crippen molar-refractivity contribution in [1.82, 2.24) is 0 Å². The summed E-state index contributed by atoms with van der Waals surface area (Å²) in [5.41, 5.74) is 2.20. The molecule has 0 spiro atoms. The number of fused-ring (bicyclic) bond motifs is 1. The van der Waals surface area contributed by atoms with Crippen LogP contribution in [0.15, 0.2) is 18.2 Å². The van der Waals surface area contributed by atoms with E-state index in [0.29, 0.717) is 17.6 Å². The molecule has 1 saturated carbocycles. The quantitative estimate of drug-likeness (QED) is 0.736. The third kappa shape index (κ3) is 2.31. The Morgan fingerprint density at radius 2 is 1.94 bits per heavy atom. The first-order chi connectivity index (χ1) is 8.07. The molecule has 1 aromatic rings. The SMILES string of the molecule is CC.CC1CC1c1cccc2c1CC(O)(O)O2. The van der Waals surface area contributed by atoms with Crippen LogP contribution in [0.2, 0.25) is 0 Å². The second kappa shape index (κ2) is 4.31. The number of hydrogen-bond donors (Lipinski definition) is 2. The van der Waals surface area contributed by atoms with Gasteiger partial charge < -0.3 is 14.9 Å². The lowest BCUT2D eigenvalue weighted by atomic mass is 9.99. The van der Waals surface area contributed by atoms with Crippen molar-refractivity contribution < 1.29 is 14.9 Å². The Bertz CT molecular complexity index is 412. The van der Waals surface area contributed by atoms with E-state index in [1.807, 2.05) is 19.9 Å². The largest absolute Gasteiger partial charge is 0.439 e.